The second-order valence-corrected chi connectivity index (χ2v) is 5.82. The topological polar surface area (TPSA) is 58.2 Å². The molecule has 0 radical (unpaired) electrons. The number of ketones is 1. The lowest BCUT2D eigenvalue weighted by Crippen LogP contribution is -2.41. The van der Waals surface area contributed by atoms with Crippen LogP contribution in [0, 0.1) is 5.92 Å². The standard InChI is InChI=1S/C16H19F3N2O2/c1-10(22)11-2-6-13(7-3-11)20-15(23)21-14-8-4-12(5-9-14)16(17,18)19/h2-3,6-7,12,14H,4-5,8-9H2,1H3,(H2,20,21,23). The van der Waals surface area contributed by atoms with Crippen LogP contribution < -0.4 is 10.6 Å². The van der Waals surface area contributed by atoms with Crippen LogP contribution in [-0.2, 0) is 0 Å². The van der Waals surface area contributed by atoms with Crippen LogP contribution in [0.15, 0.2) is 24.3 Å². The Labute approximate surface area is 132 Å². The molecule has 0 unspecified atom stereocenters. The van der Waals surface area contributed by atoms with Crippen LogP contribution in [0.2, 0.25) is 0 Å². The molecule has 0 bridgehead atoms. The number of hydrogen-bond acceptors (Lipinski definition) is 2. The summed E-state index contributed by atoms with van der Waals surface area (Å²) in [5.74, 6) is -1.33. The van der Waals surface area contributed by atoms with Crippen molar-refractivity contribution in [2.45, 2.75) is 44.8 Å². The molecule has 0 aromatic heterocycles. The van der Waals surface area contributed by atoms with Gasteiger partial charge in [0.2, 0.25) is 0 Å². The molecule has 1 fully saturated rings. The van der Waals surface area contributed by atoms with E-state index in [-0.39, 0.29) is 24.7 Å². The number of carbonyl (C=O) groups excluding carboxylic acids is 2. The zero-order valence-electron chi connectivity index (χ0n) is 12.7. The number of nitrogens with one attached hydrogen (secondary N) is 2. The van der Waals surface area contributed by atoms with Crippen LogP contribution >= 0.6 is 0 Å². The van der Waals surface area contributed by atoms with E-state index in [4.69, 9.17) is 0 Å². The van der Waals surface area contributed by atoms with Crippen molar-refractivity contribution in [3.63, 3.8) is 0 Å². The zero-order valence-corrected chi connectivity index (χ0v) is 12.7. The summed E-state index contributed by atoms with van der Waals surface area (Å²) in [6.07, 6.45) is -3.42. The van der Waals surface area contributed by atoms with Gasteiger partial charge in [-0.3, -0.25) is 4.79 Å². The number of halogens is 3. The van der Waals surface area contributed by atoms with Crippen molar-refractivity contribution in [3.05, 3.63) is 29.8 Å². The Bertz CT molecular complexity index is 562. The molecule has 23 heavy (non-hydrogen) atoms. The maximum absolute atomic E-state index is 12.6. The molecule has 1 saturated carbocycles. The van der Waals surface area contributed by atoms with Gasteiger partial charge in [-0.05, 0) is 56.9 Å². The van der Waals surface area contributed by atoms with Crippen molar-refractivity contribution < 1.29 is 22.8 Å². The summed E-state index contributed by atoms with van der Waals surface area (Å²) >= 11 is 0. The molecule has 2 rings (SSSR count). The van der Waals surface area contributed by atoms with Crippen LogP contribution in [0.3, 0.4) is 0 Å². The predicted octanol–water partition coefficient (Wildman–Crippen LogP) is 4.13. The predicted molar refractivity (Wildman–Crippen MR) is 80.4 cm³/mol. The lowest BCUT2D eigenvalue weighted by molar-refractivity contribution is -0.182. The van der Waals surface area contributed by atoms with E-state index in [0.717, 1.165) is 0 Å². The summed E-state index contributed by atoms with van der Waals surface area (Å²) in [4.78, 5) is 23.0. The fraction of sp³-hybridized carbons (Fsp3) is 0.500. The Kier molecular flexibility index (Phi) is 5.28. The lowest BCUT2D eigenvalue weighted by atomic mass is 9.86. The molecular formula is C16H19F3N2O2. The first-order chi connectivity index (χ1) is 10.8. The van der Waals surface area contributed by atoms with Crippen molar-refractivity contribution in [3.8, 4) is 0 Å². The number of urea groups is 1. The molecule has 0 heterocycles. The number of hydrogen-bond donors (Lipinski definition) is 2. The molecule has 4 nitrogen and oxygen atoms in total. The molecule has 0 aliphatic heterocycles. The summed E-state index contributed by atoms with van der Waals surface area (Å²) < 4.78 is 37.8. The SMILES string of the molecule is CC(=O)c1ccc(NC(=O)NC2CCC(C(F)(F)F)CC2)cc1. The van der Waals surface area contributed by atoms with Crippen molar-refractivity contribution in [1.82, 2.24) is 5.32 Å². The number of carbonyl (C=O) groups is 2. The first-order valence-corrected chi connectivity index (χ1v) is 7.51. The van der Waals surface area contributed by atoms with Crippen LogP contribution in [0.5, 0.6) is 0 Å². The normalized spacial score (nSPS) is 21.6. The van der Waals surface area contributed by atoms with Gasteiger partial charge in [0, 0.05) is 17.3 Å². The Hall–Kier alpha value is -2.05. The highest BCUT2D eigenvalue weighted by Crippen LogP contribution is 2.37. The van der Waals surface area contributed by atoms with E-state index in [0.29, 0.717) is 24.1 Å². The third-order valence-corrected chi connectivity index (χ3v) is 4.07. The Balaban J connectivity index is 1.80. The molecule has 1 aromatic rings. The van der Waals surface area contributed by atoms with E-state index in [1.807, 2.05) is 0 Å². The molecule has 1 aliphatic carbocycles. The minimum absolute atomic E-state index is 0.0434. The molecule has 1 aromatic carbocycles. The van der Waals surface area contributed by atoms with E-state index in [2.05, 4.69) is 10.6 Å². The molecule has 0 atom stereocenters. The molecule has 7 heteroatoms. The second kappa shape index (κ2) is 7.02. The number of alkyl halides is 3. The quantitative estimate of drug-likeness (QED) is 0.820. The minimum Gasteiger partial charge on any atom is -0.335 e. The monoisotopic (exact) mass is 328 g/mol. The highest BCUT2D eigenvalue weighted by molar-refractivity contribution is 5.95. The molecular weight excluding hydrogens is 309 g/mol. The number of rotatable bonds is 3. The van der Waals surface area contributed by atoms with Gasteiger partial charge in [0.25, 0.3) is 0 Å². The molecule has 1 aliphatic rings. The van der Waals surface area contributed by atoms with Gasteiger partial charge in [-0.15, -0.1) is 0 Å². The molecule has 0 saturated heterocycles. The largest absolute Gasteiger partial charge is 0.391 e. The second-order valence-electron chi connectivity index (χ2n) is 5.82. The van der Waals surface area contributed by atoms with Crippen molar-refractivity contribution in [2.24, 2.45) is 5.92 Å². The van der Waals surface area contributed by atoms with Gasteiger partial charge in [0.05, 0.1) is 5.92 Å². The molecule has 0 spiro atoms. The van der Waals surface area contributed by atoms with Crippen molar-refractivity contribution in [1.29, 1.82) is 0 Å². The maximum Gasteiger partial charge on any atom is 0.391 e. The summed E-state index contributed by atoms with van der Waals surface area (Å²) in [5, 5.41) is 5.31. The first-order valence-electron chi connectivity index (χ1n) is 7.51. The fourth-order valence-electron chi connectivity index (χ4n) is 2.71. The third-order valence-electron chi connectivity index (χ3n) is 4.07. The smallest absolute Gasteiger partial charge is 0.335 e. The Morgan fingerprint density at radius 3 is 2.09 bits per heavy atom. The van der Waals surface area contributed by atoms with Crippen LogP contribution in [-0.4, -0.2) is 24.0 Å². The van der Waals surface area contributed by atoms with Crippen LogP contribution in [0.1, 0.15) is 43.0 Å². The lowest BCUT2D eigenvalue weighted by Gasteiger charge is -2.30. The van der Waals surface area contributed by atoms with Gasteiger partial charge in [-0.1, -0.05) is 0 Å². The number of anilines is 1. The van der Waals surface area contributed by atoms with E-state index in [1.54, 1.807) is 24.3 Å². The van der Waals surface area contributed by atoms with Gasteiger partial charge in [0.15, 0.2) is 5.78 Å². The average molecular weight is 328 g/mol. The molecule has 126 valence electrons. The molecule has 2 N–H and O–H groups in total. The number of Topliss-reactive ketones (excluding diaryl/α,β-unsaturated/α-hetero) is 1. The summed E-state index contributed by atoms with van der Waals surface area (Å²) in [5.41, 5.74) is 1.07. The number of benzene rings is 1. The van der Waals surface area contributed by atoms with Gasteiger partial charge < -0.3 is 10.6 Å². The third kappa shape index (κ3) is 4.97. The summed E-state index contributed by atoms with van der Waals surface area (Å²) in [7, 11) is 0. The highest BCUT2D eigenvalue weighted by atomic mass is 19.4. The van der Waals surface area contributed by atoms with Crippen LogP contribution in [0.25, 0.3) is 0 Å². The minimum atomic E-state index is -4.15. The first kappa shape index (κ1) is 17.3. The fourth-order valence-corrected chi connectivity index (χ4v) is 2.71. The Morgan fingerprint density at radius 2 is 1.61 bits per heavy atom. The van der Waals surface area contributed by atoms with Gasteiger partial charge >= 0.3 is 12.2 Å². The van der Waals surface area contributed by atoms with Gasteiger partial charge in [-0.25, -0.2) is 4.79 Å². The van der Waals surface area contributed by atoms with Crippen molar-refractivity contribution in [2.75, 3.05) is 5.32 Å². The van der Waals surface area contributed by atoms with Gasteiger partial charge in [0.1, 0.15) is 0 Å². The summed E-state index contributed by atoms with van der Waals surface area (Å²) in [6.45, 7) is 1.45. The number of amides is 2. The van der Waals surface area contributed by atoms with Crippen molar-refractivity contribution >= 4 is 17.5 Å². The van der Waals surface area contributed by atoms with Crippen LogP contribution in [0.4, 0.5) is 23.7 Å². The maximum atomic E-state index is 12.6. The van der Waals surface area contributed by atoms with Gasteiger partial charge in [-0.2, -0.15) is 13.2 Å². The van der Waals surface area contributed by atoms with E-state index >= 15 is 0 Å². The Morgan fingerprint density at radius 1 is 1.04 bits per heavy atom. The average Bonchev–Trinajstić information content (AvgIpc) is 2.47. The van der Waals surface area contributed by atoms with E-state index in [9.17, 15) is 22.8 Å². The zero-order chi connectivity index (χ0) is 17.0. The van der Waals surface area contributed by atoms with E-state index < -0.39 is 18.1 Å². The van der Waals surface area contributed by atoms with E-state index in [1.165, 1.54) is 6.92 Å². The molecule has 2 amide bonds. The summed E-state index contributed by atoms with van der Waals surface area (Å²) in [6, 6.07) is 5.73. The highest BCUT2D eigenvalue weighted by Gasteiger charge is 2.41.